The number of aliphatic carboxylic acids is 1. The molecule has 5 rings (SSSR count). The van der Waals surface area contributed by atoms with Gasteiger partial charge in [-0.25, -0.2) is 4.79 Å². The van der Waals surface area contributed by atoms with E-state index in [1.54, 1.807) is 30.3 Å². The zero-order chi connectivity index (χ0) is 27.1. The van der Waals surface area contributed by atoms with Gasteiger partial charge in [0.15, 0.2) is 12.6 Å². The van der Waals surface area contributed by atoms with Crippen LogP contribution in [-0.4, -0.2) is 40.0 Å². The van der Waals surface area contributed by atoms with Crippen molar-refractivity contribution in [3.63, 3.8) is 0 Å². The Labute approximate surface area is 224 Å². The third-order valence-corrected chi connectivity index (χ3v) is 10.4. The number of allylic oxidation sites excluding steroid dienone is 2. The van der Waals surface area contributed by atoms with Crippen LogP contribution in [0, 0.1) is 40.9 Å². The lowest BCUT2D eigenvalue weighted by atomic mass is 9.46. The number of rotatable bonds is 6. The number of nitrogens with one attached hydrogen (secondary N) is 1. The average molecular weight is 519 g/mol. The van der Waals surface area contributed by atoms with Crippen molar-refractivity contribution in [2.24, 2.45) is 33.7 Å². The van der Waals surface area contributed by atoms with Crippen molar-refractivity contribution in [3.05, 3.63) is 47.5 Å². The van der Waals surface area contributed by atoms with Crippen molar-refractivity contribution in [2.45, 2.75) is 76.9 Å². The molecule has 0 heterocycles. The van der Waals surface area contributed by atoms with Gasteiger partial charge in [0.1, 0.15) is 5.60 Å². The van der Waals surface area contributed by atoms with Crippen LogP contribution in [0.25, 0.3) is 0 Å². The number of carbonyl (C=O) groups excluding carboxylic acids is 1. The molecule has 1 amide bonds. The Balaban J connectivity index is 1.22. The van der Waals surface area contributed by atoms with Crippen LogP contribution in [0.1, 0.15) is 76.8 Å². The molecule has 4 aliphatic carbocycles. The third kappa shape index (κ3) is 4.33. The Morgan fingerprint density at radius 3 is 2.58 bits per heavy atom. The first-order valence-corrected chi connectivity index (χ1v) is 13.8. The summed E-state index contributed by atoms with van der Waals surface area (Å²) < 4.78 is 0. The number of aliphatic hydroxyl groups is 1. The first kappa shape index (κ1) is 26.5. The molecule has 0 radical (unpaired) electrons. The lowest BCUT2D eigenvalue weighted by Gasteiger charge is -2.58. The molecular weight excluding hydrogens is 480 g/mol. The van der Waals surface area contributed by atoms with Gasteiger partial charge < -0.3 is 20.4 Å². The number of terminal acetylenes is 1. The van der Waals surface area contributed by atoms with E-state index in [1.165, 1.54) is 5.57 Å². The minimum absolute atomic E-state index is 0.0991. The molecule has 38 heavy (non-hydrogen) atoms. The summed E-state index contributed by atoms with van der Waals surface area (Å²) in [5.74, 6) is 2.69. The van der Waals surface area contributed by atoms with Gasteiger partial charge in [-0.1, -0.05) is 60.8 Å². The van der Waals surface area contributed by atoms with Crippen molar-refractivity contribution < 1.29 is 24.6 Å². The number of fused-ring (bicyclic) bond motifs is 5. The average Bonchev–Trinajstić information content (AvgIpc) is 3.18. The Morgan fingerprint density at radius 1 is 1.13 bits per heavy atom. The minimum atomic E-state index is -1.14. The van der Waals surface area contributed by atoms with E-state index < -0.39 is 23.5 Å². The monoisotopic (exact) mass is 518 g/mol. The van der Waals surface area contributed by atoms with Crippen LogP contribution in [-0.2, 0) is 14.4 Å². The first-order chi connectivity index (χ1) is 18.1. The number of benzene rings is 1. The molecular formula is C31H38N2O5. The molecule has 3 N–H and O–H groups in total. The molecule has 0 saturated heterocycles. The summed E-state index contributed by atoms with van der Waals surface area (Å²) in [7, 11) is 0. The van der Waals surface area contributed by atoms with Gasteiger partial charge >= 0.3 is 5.97 Å². The van der Waals surface area contributed by atoms with Gasteiger partial charge in [-0.3, -0.25) is 4.79 Å². The number of nitrogens with zero attached hydrogens (tertiary/aromatic N) is 1. The number of carbonyl (C=O) groups is 2. The van der Waals surface area contributed by atoms with Crippen LogP contribution in [0.15, 0.2) is 47.1 Å². The summed E-state index contributed by atoms with van der Waals surface area (Å²) >= 11 is 0. The lowest BCUT2D eigenvalue weighted by molar-refractivity contribution is -0.142. The van der Waals surface area contributed by atoms with Gasteiger partial charge in [-0.2, -0.15) is 0 Å². The van der Waals surface area contributed by atoms with E-state index in [0.717, 1.165) is 50.7 Å². The topological polar surface area (TPSA) is 108 Å². The molecule has 202 valence electrons. The van der Waals surface area contributed by atoms with Crippen LogP contribution < -0.4 is 5.32 Å². The van der Waals surface area contributed by atoms with Crippen molar-refractivity contribution >= 4 is 17.6 Å². The summed E-state index contributed by atoms with van der Waals surface area (Å²) in [5, 5.41) is 27.5. The molecule has 0 aliphatic heterocycles. The van der Waals surface area contributed by atoms with Gasteiger partial charge in [-0.15, -0.1) is 6.42 Å². The number of hydrogen-bond donors (Lipinski definition) is 3. The standard InChI is InChI=1S/C31H38N2O5/c1-4-31(37)17-14-25-23-11-10-21-18-22(12-15-29(21,2)24(23)13-16-30(25,31)3)33-38-19-26(34)32-27(28(35)36)20-8-6-5-7-9-20/h1,5-9,18,23-25,27,37H,10-17,19H2,2-3H3,(H,32,34)(H,35,36)/b33-22+/t23-,24+,25-,27+,29+,30+,31-/m1/s1. The van der Waals surface area contributed by atoms with Crippen molar-refractivity contribution in [1.29, 1.82) is 0 Å². The summed E-state index contributed by atoms with van der Waals surface area (Å²) in [4.78, 5) is 29.4. The predicted molar refractivity (Wildman–Crippen MR) is 144 cm³/mol. The minimum Gasteiger partial charge on any atom is -0.479 e. The molecule has 7 heteroatoms. The van der Waals surface area contributed by atoms with E-state index in [9.17, 15) is 19.8 Å². The van der Waals surface area contributed by atoms with Gasteiger partial charge in [0.25, 0.3) is 5.91 Å². The number of carboxylic acid groups (broad SMARTS) is 1. The fourth-order valence-electron chi connectivity index (χ4n) is 8.21. The van der Waals surface area contributed by atoms with Crippen LogP contribution in [0.5, 0.6) is 0 Å². The normalized spacial score (nSPS) is 37.6. The van der Waals surface area contributed by atoms with Gasteiger partial charge in [-0.05, 0) is 86.2 Å². The molecule has 1 aromatic carbocycles. The van der Waals surface area contributed by atoms with E-state index in [-0.39, 0.29) is 17.4 Å². The number of oxime groups is 1. The quantitative estimate of drug-likeness (QED) is 0.376. The fraction of sp³-hybridized carbons (Fsp3) is 0.581. The summed E-state index contributed by atoms with van der Waals surface area (Å²) in [6.07, 6.45) is 15.5. The van der Waals surface area contributed by atoms with Crippen LogP contribution >= 0.6 is 0 Å². The second-order valence-corrected chi connectivity index (χ2v) is 12.1. The van der Waals surface area contributed by atoms with E-state index in [2.05, 4.69) is 36.3 Å². The maximum Gasteiger partial charge on any atom is 0.330 e. The predicted octanol–water partition coefficient (Wildman–Crippen LogP) is 4.63. The molecule has 4 aliphatic rings. The SMILES string of the molecule is C#C[C@@]1(O)CC[C@@H]2[C@@H]3CCC4=C/C(=N/OCC(=O)N[C@H](C(=O)O)c5ccccc5)CC[C@]4(C)[C@H]3CC[C@@]21C. The maximum absolute atomic E-state index is 12.4. The van der Waals surface area contributed by atoms with Crippen LogP contribution in [0.2, 0.25) is 0 Å². The van der Waals surface area contributed by atoms with E-state index in [0.29, 0.717) is 29.7 Å². The van der Waals surface area contributed by atoms with Crippen LogP contribution in [0.4, 0.5) is 0 Å². The molecule has 0 spiro atoms. The molecule has 7 atom stereocenters. The largest absolute Gasteiger partial charge is 0.479 e. The Morgan fingerprint density at radius 2 is 1.87 bits per heavy atom. The highest BCUT2D eigenvalue weighted by atomic mass is 16.6. The maximum atomic E-state index is 12.4. The highest BCUT2D eigenvalue weighted by molar-refractivity contribution is 5.96. The summed E-state index contributed by atoms with van der Waals surface area (Å²) in [6, 6.07) is 7.44. The Bertz CT molecular complexity index is 1200. The lowest BCUT2D eigenvalue weighted by Crippen LogP contribution is -2.54. The third-order valence-electron chi connectivity index (χ3n) is 10.4. The van der Waals surface area contributed by atoms with E-state index in [1.807, 2.05) is 0 Å². The van der Waals surface area contributed by atoms with E-state index >= 15 is 0 Å². The molecule has 0 aromatic heterocycles. The molecule has 0 unspecified atom stereocenters. The van der Waals surface area contributed by atoms with Gasteiger partial charge in [0.05, 0.1) is 5.71 Å². The number of amides is 1. The van der Waals surface area contributed by atoms with Crippen molar-refractivity contribution in [2.75, 3.05) is 6.61 Å². The van der Waals surface area contributed by atoms with Crippen molar-refractivity contribution in [1.82, 2.24) is 5.32 Å². The molecule has 1 aromatic rings. The fourth-order valence-corrected chi connectivity index (χ4v) is 8.21. The molecule has 3 fully saturated rings. The van der Waals surface area contributed by atoms with Gasteiger partial charge in [0.2, 0.25) is 0 Å². The number of carboxylic acids is 1. The Hall–Kier alpha value is -3.11. The summed E-state index contributed by atoms with van der Waals surface area (Å²) in [5.41, 5.74) is 1.64. The van der Waals surface area contributed by atoms with E-state index in [4.69, 9.17) is 11.3 Å². The van der Waals surface area contributed by atoms with Gasteiger partial charge in [0, 0.05) is 5.41 Å². The molecule has 0 bridgehead atoms. The zero-order valence-electron chi connectivity index (χ0n) is 22.3. The highest BCUT2D eigenvalue weighted by Gasteiger charge is 2.63. The number of hydrogen-bond acceptors (Lipinski definition) is 5. The molecule has 7 nitrogen and oxygen atoms in total. The summed E-state index contributed by atoms with van der Waals surface area (Å²) in [6.45, 7) is 4.26. The smallest absolute Gasteiger partial charge is 0.330 e. The molecule has 3 saturated carbocycles. The van der Waals surface area contributed by atoms with Crippen molar-refractivity contribution in [3.8, 4) is 12.3 Å². The second-order valence-electron chi connectivity index (χ2n) is 12.1. The highest BCUT2D eigenvalue weighted by Crippen LogP contribution is 2.67. The second kappa shape index (κ2) is 9.89. The Kier molecular flexibility index (Phi) is 6.89. The van der Waals surface area contributed by atoms with Crippen LogP contribution in [0.3, 0.4) is 0 Å². The zero-order valence-corrected chi connectivity index (χ0v) is 22.3. The first-order valence-electron chi connectivity index (χ1n) is 13.8.